The molecule has 192 valence electrons. The molecule has 0 saturated heterocycles. The Balaban J connectivity index is 1.62. The molecular formula is C31H27NO6. The number of fused-ring (bicyclic) bond motifs is 5. The number of esters is 1. The van der Waals surface area contributed by atoms with Gasteiger partial charge in [0.1, 0.15) is 23.2 Å². The van der Waals surface area contributed by atoms with Crippen LogP contribution in [0.1, 0.15) is 35.9 Å². The zero-order valence-electron chi connectivity index (χ0n) is 21.5. The molecule has 2 atom stereocenters. The number of aromatic nitrogens is 1. The van der Waals surface area contributed by atoms with E-state index in [0.717, 1.165) is 10.8 Å². The largest absolute Gasteiger partial charge is 0.496 e. The molecule has 0 bridgehead atoms. The van der Waals surface area contributed by atoms with Gasteiger partial charge in [0.25, 0.3) is 0 Å². The molecule has 0 amide bonds. The first-order valence-electron chi connectivity index (χ1n) is 12.4. The normalized spacial score (nSPS) is 18.2. The smallest absolute Gasteiger partial charge is 0.338 e. The summed E-state index contributed by atoms with van der Waals surface area (Å²) in [4.78, 5) is 26.9. The Labute approximate surface area is 218 Å². The van der Waals surface area contributed by atoms with Gasteiger partial charge in [-0.3, -0.25) is 4.79 Å². The van der Waals surface area contributed by atoms with Crippen LogP contribution < -0.4 is 14.9 Å². The van der Waals surface area contributed by atoms with E-state index in [9.17, 15) is 14.7 Å². The molecule has 38 heavy (non-hydrogen) atoms. The van der Waals surface area contributed by atoms with Crippen LogP contribution in [0.25, 0.3) is 32.6 Å². The van der Waals surface area contributed by atoms with Crippen LogP contribution in [0.2, 0.25) is 0 Å². The van der Waals surface area contributed by atoms with Gasteiger partial charge in [-0.25, -0.2) is 4.79 Å². The van der Waals surface area contributed by atoms with Gasteiger partial charge in [-0.15, -0.1) is 0 Å². The summed E-state index contributed by atoms with van der Waals surface area (Å²) in [5.74, 6) is 0.143. The lowest BCUT2D eigenvalue weighted by Crippen LogP contribution is -2.51. The molecule has 0 aliphatic carbocycles. The summed E-state index contributed by atoms with van der Waals surface area (Å²) in [5.41, 5.74) is 0.629. The number of methoxy groups -OCH3 is 1. The van der Waals surface area contributed by atoms with Crippen molar-refractivity contribution in [3.63, 3.8) is 0 Å². The lowest BCUT2D eigenvalue weighted by Gasteiger charge is -2.42. The topological polar surface area (TPSA) is 87.0 Å². The Morgan fingerprint density at radius 3 is 2.34 bits per heavy atom. The second kappa shape index (κ2) is 8.60. The van der Waals surface area contributed by atoms with E-state index in [4.69, 9.17) is 14.2 Å². The van der Waals surface area contributed by atoms with Crippen molar-refractivity contribution >= 4 is 38.5 Å². The van der Waals surface area contributed by atoms with Crippen LogP contribution >= 0.6 is 0 Å². The van der Waals surface area contributed by atoms with E-state index in [1.165, 1.54) is 7.11 Å². The number of carbonyl (C=O) groups is 1. The number of hydrogen-bond acceptors (Lipinski definition) is 6. The standard InChI is InChI=1S/C31H27NO6/c1-31(2)29(37-30(35)17-10-6-5-7-11-17)28(34)25-23(38-31)16-22(36-4)24-26(25)32(3)21-15-19-13-9-8-12-18(19)14-20(21)27(24)33/h5-16,28-29,34H,1-4H3/t28-,29-/m1/s1. The molecule has 0 unspecified atom stereocenters. The van der Waals surface area contributed by atoms with Gasteiger partial charge < -0.3 is 23.9 Å². The van der Waals surface area contributed by atoms with Crippen molar-refractivity contribution < 1.29 is 24.1 Å². The van der Waals surface area contributed by atoms with E-state index in [1.54, 1.807) is 44.2 Å². The monoisotopic (exact) mass is 509 g/mol. The molecule has 1 aliphatic heterocycles. The number of aryl methyl sites for hydroxylation is 1. The number of pyridine rings is 1. The highest BCUT2D eigenvalue weighted by Gasteiger charge is 2.48. The quantitative estimate of drug-likeness (QED) is 0.263. The van der Waals surface area contributed by atoms with Gasteiger partial charge in [0.05, 0.1) is 34.7 Å². The summed E-state index contributed by atoms with van der Waals surface area (Å²) in [6, 6.07) is 21.9. The van der Waals surface area contributed by atoms with E-state index in [0.29, 0.717) is 44.4 Å². The maximum Gasteiger partial charge on any atom is 0.338 e. The predicted molar refractivity (Wildman–Crippen MR) is 146 cm³/mol. The summed E-state index contributed by atoms with van der Waals surface area (Å²) in [6.07, 6.45) is -2.31. The van der Waals surface area contributed by atoms with Gasteiger partial charge in [0, 0.05) is 18.5 Å². The minimum atomic E-state index is -1.27. The van der Waals surface area contributed by atoms with Gasteiger partial charge in [-0.05, 0) is 48.9 Å². The van der Waals surface area contributed by atoms with Crippen molar-refractivity contribution in [3.05, 3.63) is 94.1 Å². The van der Waals surface area contributed by atoms with E-state index in [2.05, 4.69) is 0 Å². The number of ether oxygens (including phenoxy) is 3. The van der Waals surface area contributed by atoms with Gasteiger partial charge in [0.15, 0.2) is 6.10 Å². The summed E-state index contributed by atoms with van der Waals surface area (Å²) in [6.45, 7) is 3.51. The van der Waals surface area contributed by atoms with Gasteiger partial charge in [0.2, 0.25) is 5.43 Å². The summed E-state index contributed by atoms with van der Waals surface area (Å²) >= 11 is 0. The first kappa shape index (κ1) is 24.0. The minimum Gasteiger partial charge on any atom is -0.496 e. The first-order chi connectivity index (χ1) is 18.2. The SMILES string of the molecule is COc1cc2c(c3c1c(=O)c1cc4ccccc4cc1n3C)[C@@H](O)[C@@H](OC(=O)c1ccccc1)C(C)(C)O2. The molecule has 6 rings (SSSR count). The van der Waals surface area contributed by atoms with Crippen molar-refractivity contribution in [2.75, 3.05) is 7.11 Å². The van der Waals surface area contributed by atoms with Crippen molar-refractivity contribution in [1.29, 1.82) is 0 Å². The third-order valence-corrected chi connectivity index (χ3v) is 7.40. The van der Waals surface area contributed by atoms with E-state index >= 15 is 0 Å². The van der Waals surface area contributed by atoms with Gasteiger partial charge in [-0.2, -0.15) is 0 Å². The van der Waals surface area contributed by atoms with E-state index in [-0.39, 0.29) is 5.43 Å². The number of aliphatic hydroxyl groups is 1. The minimum absolute atomic E-state index is 0.214. The Kier molecular flexibility index (Phi) is 5.43. The number of nitrogens with zero attached hydrogens (tertiary/aromatic N) is 1. The zero-order valence-corrected chi connectivity index (χ0v) is 21.5. The average molecular weight is 510 g/mol. The third kappa shape index (κ3) is 3.54. The average Bonchev–Trinajstić information content (AvgIpc) is 2.92. The fourth-order valence-corrected chi connectivity index (χ4v) is 5.52. The van der Waals surface area contributed by atoms with Crippen molar-refractivity contribution in [2.24, 2.45) is 7.05 Å². The lowest BCUT2D eigenvalue weighted by atomic mass is 9.86. The molecule has 0 fully saturated rings. The Hall–Kier alpha value is -4.36. The Bertz CT molecular complexity index is 1810. The molecule has 7 heteroatoms. The second-order valence-corrected chi connectivity index (χ2v) is 10.2. The van der Waals surface area contributed by atoms with E-state index < -0.39 is 23.8 Å². The Morgan fingerprint density at radius 2 is 1.66 bits per heavy atom. The number of hydrogen-bond donors (Lipinski definition) is 1. The van der Waals surface area contributed by atoms with E-state index in [1.807, 2.05) is 54.1 Å². The van der Waals surface area contributed by atoms with Crippen molar-refractivity contribution in [2.45, 2.75) is 31.7 Å². The maximum absolute atomic E-state index is 13.9. The van der Waals surface area contributed by atoms with Crippen molar-refractivity contribution in [3.8, 4) is 11.5 Å². The van der Waals surface area contributed by atoms with Gasteiger partial charge >= 0.3 is 5.97 Å². The molecule has 1 N–H and O–H groups in total. The molecule has 0 saturated carbocycles. The third-order valence-electron chi connectivity index (χ3n) is 7.40. The van der Waals surface area contributed by atoms with Crippen LogP contribution in [-0.4, -0.2) is 34.5 Å². The van der Waals surface area contributed by atoms with Gasteiger partial charge in [-0.1, -0.05) is 42.5 Å². The highest BCUT2D eigenvalue weighted by atomic mass is 16.6. The fraction of sp³-hybridized carbons (Fsp3) is 0.226. The highest BCUT2D eigenvalue weighted by molar-refractivity contribution is 6.04. The number of rotatable bonds is 3. The van der Waals surface area contributed by atoms with Crippen LogP contribution in [0.15, 0.2) is 77.6 Å². The maximum atomic E-state index is 13.9. The molecule has 1 aliphatic rings. The fourth-order valence-electron chi connectivity index (χ4n) is 5.52. The molecule has 5 aromatic rings. The lowest BCUT2D eigenvalue weighted by molar-refractivity contribution is -0.118. The Morgan fingerprint density at radius 1 is 1.00 bits per heavy atom. The molecule has 1 aromatic heterocycles. The first-order valence-corrected chi connectivity index (χ1v) is 12.4. The van der Waals surface area contributed by atoms with Crippen LogP contribution in [0, 0.1) is 0 Å². The van der Waals surface area contributed by atoms with Crippen LogP contribution in [-0.2, 0) is 11.8 Å². The second-order valence-electron chi connectivity index (χ2n) is 10.2. The zero-order chi connectivity index (χ0) is 26.8. The molecule has 0 spiro atoms. The molecule has 0 radical (unpaired) electrons. The highest BCUT2D eigenvalue weighted by Crippen LogP contribution is 2.47. The predicted octanol–water partition coefficient (Wildman–Crippen LogP) is 5.28. The number of aliphatic hydroxyl groups excluding tert-OH is 1. The van der Waals surface area contributed by atoms with Crippen molar-refractivity contribution in [1.82, 2.24) is 4.57 Å². The molecular weight excluding hydrogens is 482 g/mol. The summed E-state index contributed by atoms with van der Waals surface area (Å²) in [7, 11) is 3.34. The molecule has 2 heterocycles. The molecule has 7 nitrogen and oxygen atoms in total. The van der Waals surface area contributed by atoms with Crippen LogP contribution in [0.3, 0.4) is 0 Å². The van der Waals surface area contributed by atoms with Crippen LogP contribution in [0.5, 0.6) is 11.5 Å². The summed E-state index contributed by atoms with van der Waals surface area (Å²) < 4.78 is 19.7. The number of carbonyl (C=O) groups excluding carboxylic acids is 1. The molecule has 4 aromatic carbocycles. The summed E-state index contributed by atoms with van der Waals surface area (Å²) in [5, 5.41) is 14.6. The van der Waals surface area contributed by atoms with Crippen LogP contribution in [0.4, 0.5) is 0 Å². The number of benzene rings is 4.